The largest absolute Gasteiger partial charge is 0.343 e. The van der Waals surface area contributed by atoms with Gasteiger partial charge in [-0.1, -0.05) is 13.8 Å². The van der Waals surface area contributed by atoms with E-state index in [1.54, 1.807) is 0 Å². The van der Waals surface area contributed by atoms with Gasteiger partial charge in [-0.3, -0.25) is 9.59 Å². The fourth-order valence-corrected chi connectivity index (χ4v) is 3.94. The van der Waals surface area contributed by atoms with E-state index in [0.717, 1.165) is 51.9 Å². The quantitative estimate of drug-likeness (QED) is 0.777. The van der Waals surface area contributed by atoms with Crippen LogP contribution >= 0.6 is 0 Å². The first kappa shape index (κ1) is 17.3. The van der Waals surface area contributed by atoms with E-state index >= 15 is 0 Å². The Morgan fingerprint density at radius 3 is 2.36 bits per heavy atom. The third-order valence-electron chi connectivity index (χ3n) is 5.16. The Bertz CT molecular complexity index is 393. The molecule has 2 aliphatic rings. The molecule has 0 aromatic carbocycles. The molecule has 2 rings (SSSR count). The summed E-state index contributed by atoms with van der Waals surface area (Å²) in [5, 5.41) is 0. The van der Waals surface area contributed by atoms with Crippen LogP contribution in [-0.4, -0.2) is 53.8 Å². The van der Waals surface area contributed by atoms with Crippen molar-refractivity contribution in [2.45, 2.75) is 58.4 Å². The van der Waals surface area contributed by atoms with Gasteiger partial charge in [0.05, 0.1) is 0 Å². The van der Waals surface area contributed by atoms with Gasteiger partial charge in [-0.25, -0.2) is 0 Å². The molecule has 3 unspecified atom stereocenters. The predicted octanol–water partition coefficient (Wildman–Crippen LogP) is 1.61. The van der Waals surface area contributed by atoms with E-state index in [4.69, 9.17) is 5.73 Å². The van der Waals surface area contributed by atoms with Crippen LogP contribution in [0, 0.1) is 11.8 Å². The molecule has 2 N–H and O–H groups in total. The van der Waals surface area contributed by atoms with Gasteiger partial charge in [0.2, 0.25) is 11.8 Å². The summed E-state index contributed by atoms with van der Waals surface area (Å²) in [5.41, 5.74) is 6.11. The van der Waals surface area contributed by atoms with Crippen molar-refractivity contribution in [3.63, 3.8) is 0 Å². The second kappa shape index (κ2) is 7.95. The number of amides is 2. The summed E-state index contributed by atoms with van der Waals surface area (Å²) >= 11 is 0. The number of hydrogen-bond donors (Lipinski definition) is 1. The van der Waals surface area contributed by atoms with Crippen molar-refractivity contribution in [3.05, 3.63) is 0 Å². The summed E-state index contributed by atoms with van der Waals surface area (Å²) in [5.74, 6) is 1.32. The SMILES string of the molecule is CCCN(CCC)C(=O)CCC(=O)N1CC2CCC(N)C2C1. The fraction of sp³-hybridized carbons (Fsp3) is 0.882. The third-order valence-corrected chi connectivity index (χ3v) is 5.16. The Kier molecular flexibility index (Phi) is 6.24. The first-order valence-electron chi connectivity index (χ1n) is 8.87. The van der Waals surface area contributed by atoms with Crippen LogP contribution in [0.2, 0.25) is 0 Å². The summed E-state index contributed by atoms with van der Waals surface area (Å²) in [6, 6.07) is 0.258. The molecular weight excluding hydrogens is 278 g/mol. The predicted molar refractivity (Wildman–Crippen MR) is 87.2 cm³/mol. The Labute approximate surface area is 134 Å². The smallest absolute Gasteiger partial charge is 0.223 e. The molecule has 0 spiro atoms. The maximum Gasteiger partial charge on any atom is 0.223 e. The van der Waals surface area contributed by atoms with E-state index in [1.807, 2.05) is 9.80 Å². The van der Waals surface area contributed by atoms with Crippen molar-refractivity contribution in [3.8, 4) is 0 Å². The van der Waals surface area contributed by atoms with E-state index in [-0.39, 0.29) is 17.9 Å². The number of nitrogens with two attached hydrogens (primary N) is 1. The maximum absolute atomic E-state index is 12.3. The Hall–Kier alpha value is -1.10. The van der Waals surface area contributed by atoms with Crippen molar-refractivity contribution in [2.75, 3.05) is 26.2 Å². The van der Waals surface area contributed by atoms with E-state index < -0.39 is 0 Å². The lowest BCUT2D eigenvalue weighted by Gasteiger charge is -2.22. The van der Waals surface area contributed by atoms with Gasteiger partial charge >= 0.3 is 0 Å². The zero-order valence-electron chi connectivity index (χ0n) is 14.1. The number of carbonyl (C=O) groups excluding carboxylic acids is 2. The highest BCUT2D eigenvalue weighted by Crippen LogP contribution is 2.37. The van der Waals surface area contributed by atoms with Crippen LogP contribution in [0.4, 0.5) is 0 Å². The van der Waals surface area contributed by atoms with Crippen molar-refractivity contribution < 1.29 is 9.59 Å². The van der Waals surface area contributed by atoms with E-state index in [2.05, 4.69) is 13.8 Å². The summed E-state index contributed by atoms with van der Waals surface area (Å²) in [7, 11) is 0. The van der Waals surface area contributed by atoms with E-state index in [0.29, 0.717) is 24.7 Å². The second-order valence-corrected chi connectivity index (χ2v) is 6.84. The molecule has 1 saturated carbocycles. The minimum Gasteiger partial charge on any atom is -0.343 e. The molecule has 1 aliphatic carbocycles. The lowest BCUT2D eigenvalue weighted by atomic mass is 9.98. The van der Waals surface area contributed by atoms with Crippen LogP contribution in [0.5, 0.6) is 0 Å². The number of rotatable bonds is 7. The molecule has 1 aliphatic heterocycles. The molecule has 0 bridgehead atoms. The Balaban J connectivity index is 1.77. The molecule has 126 valence electrons. The van der Waals surface area contributed by atoms with Crippen LogP contribution in [0.3, 0.4) is 0 Å². The van der Waals surface area contributed by atoms with Gasteiger partial charge in [-0.2, -0.15) is 0 Å². The van der Waals surface area contributed by atoms with E-state index in [1.165, 1.54) is 0 Å². The number of nitrogens with zero attached hydrogens (tertiary/aromatic N) is 2. The highest BCUT2D eigenvalue weighted by molar-refractivity contribution is 5.84. The molecule has 0 aromatic heterocycles. The second-order valence-electron chi connectivity index (χ2n) is 6.84. The van der Waals surface area contributed by atoms with Crippen LogP contribution in [0.25, 0.3) is 0 Å². The first-order valence-corrected chi connectivity index (χ1v) is 8.87. The normalized spacial score (nSPS) is 27.0. The minimum atomic E-state index is 0.119. The van der Waals surface area contributed by atoms with Gasteiger partial charge < -0.3 is 15.5 Å². The van der Waals surface area contributed by atoms with Gasteiger partial charge in [-0.15, -0.1) is 0 Å². The molecule has 1 heterocycles. The molecule has 0 aromatic rings. The lowest BCUT2D eigenvalue weighted by Crippen LogP contribution is -2.36. The Morgan fingerprint density at radius 1 is 1.09 bits per heavy atom. The Morgan fingerprint density at radius 2 is 1.77 bits per heavy atom. The van der Waals surface area contributed by atoms with Crippen molar-refractivity contribution in [2.24, 2.45) is 17.6 Å². The molecule has 2 fully saturated rings. The van der Waals surface area contributed by atoms with Gasteiger partial charge in [0.15, 0.2) is 0 Å². The lowest BCUT2D eigenvalue weighted by molar-refractivity contribution is -0.136. The van der Waals surface area contributed by atoms with Crippen molar-refractivity contribution >= 4 is 11.8 Å². The molecule has 1 saturated heterocycles. The third kappa shape index (κ3) is 4.00. The highest BCUT2D eigenvalue weighted by atomic mass is 16.2. The van der Waals surface area contributed by atoms with Crippen molar-refractivity contribution in [1.29, 1.82) is 0 Å². The molecule has 5 nitrogen and oxygen atoms in total. The monoisotopic (exact) mass is 309 g/mol. The summed E-state index contributed by atoms with van der Waals surface area (Å²) in [6.07, 6.45) is 4.86. The summed E-state index contributed by atoms with van der Waals surface area (Å²) < 4.78 is 0. The highest BCUT2D eigenvalue weighted by Gasteiger charge is 2.42. The van der Waals surface area contributed by atoms with Crippen LogP contribution < -0.4 is 5.73 Å². The zero-order valence-corrected chi connectivity index (χ0v) is 14.1. The molecule has 22 heavy (non-hydrogen) atoms. The first-order chi connectivity index (χ1) is 10.6. The van der Waals surface area contributed by atoms with Gasteiger partial charge in [-0.05, 0) is 37.5 Å². The zero-order chi connectivity index (χ0) is 16.1. The standard InChI is InChI=1S/C17H31N3O2/c1-3-9-19(10-4-2)16(21)7-8-17(22)20-11-13-5-6-15(18)14(13)12-20/h13-15H,3-12,18H2,1-2H3. The van der Waals surface area contributed by atoms with Crippen LogP contribution in [-0.2, 0) is 9.59 Å². The van der Waals surface area contributed by atoms with Gasteiger partial charge in [0.1, 0.15) is 0 Å². The van der Waals surface area contributed by atoms with E-state index in [9.17, 15) is 9.59 Å². The number of carbonyl (C=O) groups is 2. The van der Waals surface area contributed by atoms with Gasteiger partial charge in [0.25, 0.3) is 0 Å². The van der Waals surface area contributed by atoms with Crippen LogP contribution in [0.1, 0.15) is 52.4 Å². The number of hydrogen-bond acceptors (Lipinski definition) is 3. The average Bonchev–Trinajstić information content (AvgIpc) is 3.07. The fourth-order valence-electron chi connectivity index (χ4n) is 3.94. The number of fused-ring (bicyclic) bond motifs is 1. The molecule has 0 radical (unpaired) electrons. The minimum absolute atomic E-state index is 0.119. The molecule has 5 heteroatoms. The average molecular weight is 309 g/mol. The molecular formula is C17H31N3O2. The molecule has 3 atom stereocenters. The maximum atomic E-state index is 12.3. The topological polar surface area (TPSA) is 66.6 Å². The summed E-state index contributed by atoms with van der Waals surface area (Å²) in [4.78, 5) is 28.4. The number of likely N-dealkylation sites (tertiary alicyclic amines) is 1. The summed E-state index contributed by atoms with van der Waals surface area (Å²) in [6.45, 7) is 7.39. The van der Waals surface area contributed by atoms with Crippen molar-refractivity contribution in [1.82, 2.24) is 9.80 Å². The molecule has 2 amide bonds. The van der Waals surface area contributed by atoms with Gasteiger partial charge in [0, 0.05) is 45.1 Å². The van der Waals surface area contributed by atoms with Crippen LogP contribution in [0.15, 0.2) is 0 Å².